The predicted molar refractivity (Wildman–Crippen MR) is 64.1 cm³/mol. The number of carbonyl (C=O) groups is 2. The van der Waals surface area contributed by atoms with Crippen molar-refractivity contribution in [3.05, 3.63) is 0 Å². The molecule has 6 nitrogen and oxygen atoms in total. The van der Waals surface area contributed by atoms with Gasteiger partial charge < -0.3 is 10.1 Å². The zero-order valence-corrected chi connectivity index (χ0v) is 10.4. The number of amides is 3. The molecule has 3 fully saturated rings. The van der Waals surface area contributed by atoms with E-state index in [1.807, 2.05) is 0 Å². The molecule has 100 valence electrons. The van der Waals surface area contributed by atoms with Gasteiger partial charge in [-0.1, -0.05) is 0 Å². The molecule has 2 aliphatic heterocycles. The van der Waals surface area contributed by atoms with Crippen LogP contribution in [-0.4, -0.2) is 54.7 Å². The van der Waals surface area contributed by atoms with Crippen molar-refractivity contribution in [2.24, 2.45) is 0 Å². The molecule has 6 heteroatoms. The summed E-state index contributed by atoms with van der Waals surface area (Å²) in [5.41, 5.74) is -0.625. The zero-order valence-electron chi connectivity index (χ0n) is 10.4. The monoisotopic (exact) mass is 253 g/mol. The fourth-order valence-corrected chi connectivity index (χ4v) is 3.28. The molecule has 3 rings (SSSR count). The van der Waals surface area contributed by atoms with Gasteiger partial charge in [0.15, 0.2) is 0 Å². The van der Waals surface area contributed by atoms with Crippen LogP contribution >= 0.6 is 0 Å². The quantitative estimate of drug-likeness (QED) is 0.637. The Hall–Kier alpha value is -1.14. The van der Waals surface area contributed by atoms with Crippen molar-refractivity contribution in [2.75, 3.05) is 26.3 Å². The molecule has 0 radical (unpaired) electrons. The van der Waals surface area contributed by atoms with Crippen molar-refractivity contribution in [3.63, 3.8) is 0 Å². The normalized spacial score (nSPS) is 37.7. The van der Waals surface area contributed by atoms with Gasteiger partial charge >= 0.3 is 6.03 Å². The second kappa shape index (κ2) is 4.51. The van der Waals surface area contributed by atoms with Gasteiger partial charge in [0.2, 0.25) is 0 Å². The molecule has 1 aliphatic carbocycles. The molecule has 0 aromatic rings. The Kier molecular flexibility index (Phi) is 2.99. The summed E-state index contributed by atoms with van der Waals surface area (Å²) < 4.78 is 5.35. The number of hydrogen-bond donors (Lipinski definition) is 2. The van der Waals surface area contributed by atoms with E-state index in [0.717, 1.165) is 52.0 Å². The molecule has 0 unspecified atom stereocenters. The first-order valence-electron chi connectivity index (χ1n) is 6.65. The van der Waals surface area contributed by atoms with Gasteiger partial charge in [0.25, 0.3) is 5.91 Å². The lowest BCUT2D eigenvalue weighted by Crippen LogP contribution is -2.54. The number of hydrogen-bond acceptors (Lipinski definition) is 4. The molecule has 3 amide bonds. The lowest BCUT2D eigenvalue weighted by atomic mass is 9.79. The third-order valence-corrected chi connectivity index (χ3v) is 4.39. The Morgan fingerprint density at radius 1 is 1.17 bits per heavy atom. The van der Waals surface area contributed by atoms with Crippen molar-refractivity contribution >= 4 is 11.9 Å². The summed E-state index contributed by atoms with van der Waals surface area (Å²) in [5.74, 6) is -0.145. The highest BCUT2D eigenvalue weighted by Crippen LogP contribution is 2.33. The molecule has 2 N–H and O–H groups in total. The maximum absolute atomic E-state index is 11.8. The van der Waals surface area contributed by atoms with Crippen LogP contribution < -0.4 is 10.6 Å². The van der Waals surface area contributed by atoms with Crippen LogP contribution in [0.25, 0.3) is 0 Å². The number of rotatable bonds is 1. The van der Waals surface area contributed by atoms with Gasteiger partial charge in [-0.3, -0.25) is 15.0 Å². The van der Waals surface area contributed by atoms with Gasteiger partial charge in [-0.05, 0) is 25.7 Å². The fourth-order valence-electron chi connectivity index (χ4n) is 3.28. The second-order valence-electron chi connectivity index (χ2n) is 5.37. The standard InChI is InChI=1S/C12H19N3O3/c16-10-12(14-11(17)13-10)3-1-9(2-4-12)15-5-7-18-8-6-15/h9H,1-8H2,(H2,13,14,16,17). The van der Waals surface area contributed by atoms with Crippen molar-refractivity contribution in [3.8, 4) is 0 Å². The number of ether oxygens (including phenoxy) is 1. The highest BCUT2D eigenvalue weighted by molar-refractivity contribution is 6.07. The van der Waals surface area contributed by atoms with Crippen molar-refractivity contribution in [1.29, 1.82) is 0 Å². The van der Waals surface area contributed by atoms with E-state index in [9.17, 15) is 9.59 Å². The first kappa shape index (κ1) is 11.9. The molecule has 0 aromatic heterocycles. The number of imide groups is 1. The first-order valence-corrected chi connectivity index (χ1v) is 6.65. The zero-order chi connectivity index (χ0) is 12.6. The van der Waals surface area contributed by atoms with E-state index < -0.39 is 5.54 Å². The Morgan fingerprint density at radius 3 is 2.39 bits per heavy atom. The van der Waals surface area contributed by atoms with E-state index in [2.05, 4.69) is 15.5 Å². The summed E-state index contributed by atoms with van der Waals surface area (Å²) in [6.45, 7) is 3.57. The van der Waals surface area contributed by atoms with E-state index in [1.54, 1.807) is 0 Å². The molecule has 18 heavy (non-hydrogen) atoms. The summed E-state index contributed by atoms with van der Waals surface area (Å²) in [6, 6.07) is 0.189. The summed E-state index contributed by atoms with van der Waals surface area (Å²) in [6.07, 6.45) is 3.42. The van der Waals surface area contributed by atoms with E-state index in [1.165, 1.54) is 0 Å². The van der Waals surface area contributed by atoms with Gasteiger partial charge in [0.1, 0.15) is 5.54 Å². The summed E-state index contributed by atoms with van der Waals surface area (Å²) in [4.78, 5) is 25.5. The maximum atomic E-state index is 11.8. The molecule has 2 heterocycles. The third kappa shape index (κ3) is 1.99. The van der Waals surface area contributed by atoms with E-state index in [0.29, 0.717) is 6.04 Å². The number of morpholine rings is 1. The third-order valence-electron chi connectivity index (χ3n) is 4.39. The topological polar surface area (TPSA) is 70.7 Å². The Morgan fingerprint density at radius 2 is 1.83 bits per heavy atom. The molecular weight excluding hydrogens is 234 g/mol. The van der Waals surface area contributed by atoms with Crippen LogP contribution in [-0.2, 0) is 9.53 Å². The van der Waals surface area contributed by atoms with Gasteiger partial charge in [0.05, 0.1) is 13.2 Å². The second-order valence-corrected chi connectivity index (χ2v) is 5.37. The van der Waals surface area contributed by atoms with Gasteiger partial charge in [-0.2, -0.15) is 0 Å². The Bertz CT molecular complexity index is 358. The van der Waals surface area contributed by atoms with Crippen molar-refractivity contribution in [1.82, 2.24) is 15.5 Å². The molecule has 0 atom stereocenters. The van der Waals surface area contributed by atoms with Crippen LogP contribution in [0.1, 0.15) is 25.7 Å². The highest BCUT2D eigenvalue weighted by Gasteiger charge is 2.48. The van der Waals surface area contributed by atoms with Gasteiger partial charge in [-0.25, -0.2) is 4.79 Å². The van der Waals surface area contributed by atoms with Crippen molar-refractivity contribution < 1.29 is 14.3 Å². The van der Waals surface area contributed by atoms with E-state index in [-0.39, 0.29) is 11.9 Å². The number of nitrogens with one attached hydrogen (secondary N) is 2. The average Bonchev–Trinajstić information content (AvgIpc) is 2.66. The minimum Gasteiger partial charge on any atom is -0.379 e. The average molecular weight is 253 g/mol. The first-order chi connectivity index (χ1) is 8.70. The van der Waals surface area contributed by atoms with E-state index >= 15 is 0 Å². The summed E-state index contributed by atoms with van der Waals surface area (Å²) in [5, 5.41) is 5.15. The smallest absolute Gasteiger partial charge is 0.322 e. The van der Waals surface area contributed by atoms with E-state index in [4.69, 9.17) is 4.74 Å². The maximum Gasteiger partial charge on any atom is 0.322 e. The molecular formula is C12H19N3O3. The van der Waals surface area contributed by atoms with Gasteiger partial charge in [0, 0.05) is 19.1 Å². The highest BCUT2D eigenvalue weighted by atomic mass is 16.5. The molecule has 3 aliphatic rings. The van der Waals surface area contributed by atoms with Crippen molar-refractivity contribution in [2.45, 2.75) is 37.3 Å². The Labute approximate surface area is 106 Å². The minimum atomic E-state index is -0.625. The summed E-state index contributed by atoms with van der Waals surface area (Å²) >= 11 is 0. The van der Waals surface area contributed by atoms with Crippen LogP contribution in [0.15, 0.2) is 0 Å². The fraction of sp³-hybridized carbons (Fsp3) is 0.833. The van der Waals surface area contributed by atoms with Crippen LogP contribution in [0.5, 0.6) is 0 Å². The lowest BCUT2D eigenvalue weighted by Gasteiger charge is -2.41. The number of carbonyl (C=O) groups excluding carboxylic acids is 2. The lowest BCUT2D eigenvalue weighted by molar-refractivity contribution is -0.125. The predicted octanol–water partition coefficient (Wildman–Crippen LogP) is -0.161. The molecule has 1 spiro atoms. The summed E-state index contributed by atoms with van der Waals surface area (Å²) in [7, 11) is 0. The van der Waals surface area contributed by atoms with Crippen LogP contribution in [0, 0.1) is 0 Å². The SMILES string of the molecule is O=C1NC(=O)C2(CCC(N3CCOCC3)CC2)N1. The Balaban J connectivity index is 1.60. The molecule has 2 saturated heterocycles. The number of nitrogens with zero attached hydrogens (tertiary/aromatic N) is 1. The van der Waals surface area contributed by atoms with Crippen LogP contribution in [0.3, 0.4) is 0 Å². The molecule has 0 aromatic carbocycles. The minimum absolute atomic E-state index is 0.145. The molecule has 1 saturated carbocycles. The van der Waals surface area contributed by atoms with Crippen LogP contribution in [0.4, 0.5) is 4.79 Å². The molecule has 0 bridgehead atoms. The van der Waals surface area contributed by atoms with Crippen LogP contribution in [0.2, 0.25) is 0 Å². The van der Waals surface area contributed by atoms with Gasteiger partial charge in [-0.15, -0.1) is 0 Å². The largest absolute Gasteiger partial charge is 0.379 e. The number of urea groups is 1.